The molecule has 39 heavy (non-hydrogen) atoms. The molecule has 0 bridgehead atoms. The Kier molecular flexibility index (Phi) is 8.18. The number of esters is 1. The lowest BCUT2D eigenvalue weighted by Crippen LogP contribution is -2.95. The molecule has 7 atom stereocenters. The average Bonchev–Trinajstić information content (AvgIpc) is 3.39. The first kappa shape index (κ1) is 28.2. The average molecular weight is 546 g/mol. The molecular formula is C29H47N5O5+2. The Labute approximate surface area is 231 Å². The third-order valence-corrected chi connectivity index (χ3v) is 9.94. The van der Waals surface area contributed by atoms with Crippen molar-refractivity contribution >= 4 is 23.5 Å². The largest absolute Gasteiger partial charge is 0.460 e. The first-order valence-corrected chi connectivity index (χ1v) is 15.0. The highest BCUT2D eigenvalue weighted by molar-refractivity contribution is 6.23. The van der Waals surface area contributed by atoms with E-state index < -0.39 is 23.1 Å². The molecule has 0 spiro atoms. The maximum Gasteiger partial charge on any atom is 0.350 e. The van der Waals surface area contributed by atoms with Crippen LogP contribution in [0.3, 0.4) is 0 Å². The molecule has 0 radical (unpaired) electrons. The van der Waals surface area contributed by atoms with Crippen LogP contribution in [0, 0.1) is 17.8 Å². The van der Waals surface area contributed by atoms with Gasteiger partial charge < -0.3 is 14.8 Å². The first-order valence-electron chi connectivity index (χ1n) is 15.0. The summed E-state index contributed by atoms with van der Waals surface area (Å²) < 4.78 is 12.0. The molecular weight excluding hydrogens is 498 g/mol. The third kappa shape index (κ3) is 5.15. The van der Waals surface area contributed by atoms with E-state index in [-0.39, 0.29) is 42.2 Å². The number of fused-ring (bicyclic) bond motifs is 2. The van der Waals surface area contributed by atoms with Gasteiger partial charge >= 0.3 is 11.9 Å². The number of carbonyl (C=O) groups is 3. The summed E-state index contributed by atoms with van der Waals surface area (Å²) >= 11 is 0. The van der Waals surface area contributed by atoms with Gasteiger partial charge in [0, 0.05) is 43.4 Å². The SMILES string of the molecule is C[NH+]=C(N)NC(CC(C)=CCC12OC1(C(=O)OC1CCCC1)C(=O)C1CCCCC1C2=O)C1CC[NH2+]C(N)C1. The van der Waals surface area contributed by atoms with Gasteiger partial charge in [0.2, 0.25) is 0 Å². The molecule has 8 N–H and O–H groups in total. The number of ketones is 2. The summed E-state index contributed by atoms with van der Waals surface area (Å²) in [7, 11) is 1.78. The monoisotopic (exact) mass is 545 g/mol. The van der Waals surface area contributed by atoms with Gasteiger partial charge in [-0.25, -0.2) is 4.79 Å². The summed E-state index contributed by atoms with van der Waals surface area (Å²) in [6.45, 7) is 2.99. The summed E-state index contributed by atoms with van der Waals surface area (Å²) in [5.74, 6) is -0.925. The van der Waals surface area contributed by atoms with Gasteiger partial charge in [0.15, 0.2) is 17.2 Å². The molecule has 3 aliphatic carbocycles. The summed E-state index contributed by atoms with van der Waals surface area (Å²) in [6.07, 6.45) is 11.4. The molecule has 0 aromatic carbocycles. The third-order valence-electron chi connectivity index (χ3n) is 9.94. The fraction of sp³-hybridized carbons (Fsp3) is 0.793. The Hall–Kier alpha value is -2.30. The van der Waals surface area contributed by atoms with E-state index in [0.29, 0.717) is 31.1 Å². The number of rotatable bonds is 8. The molecule has 5 aliphatic rings. The minimum atomic E-state index is -1.78. The highest BCUT2D eigenvalue weighted by Crippen LogP contribution is 2.61. The molecule has 10 heteroatoms. The Balaban J connectivity index is 1.37. The molecule has 5 fully saturated rings. The maximum absolute atomic E-state index is 13.9. The lowest BCUT2D eigenvalue weighted by Gasteiger charge is -2.37. The number of carbonyl (C=O) groups excluding carboxylic acids is 3. The van der Waals surface area contributed by atoms with Gasteiger partial charge in [0.05, 0.1) is 19.6 Å². The van der Waals surface area contributed by atoms with Gasteiger partial charge in [0.25, 0.3) is 5.60 Å². The van der Waals surface area contributed by atoms with Crippen LogP contribution in [-0.2, 0) is 23.9 Å². The fourth-order valence-corrected chi connectivity index (χ4v) is 7.67. The smallest absolute Gasteiger partial charge is 0.350 e. The summed E-state index contributed by atoms with van der Waals surface area (Å²) in [4.78, 5) is 44.4. The Morgan fingerprint density at radius 1 is 1.15 bits per heavy atom. The minimum Gasteiger partial charge on any atom is -0.460 e. The zero-order chi connectivity index (χ0) is 27.8. The van der Waals surface area contributed by atoms with Crippen molar-refractivity contribution < 1.29 is 34.2 Å². The van der Waals surface area contributed by atoms with Gasteiger partial charge in [-0.2, -0.15) is 0 Å². The quantitative estimate of drug-likeness (QED) is 0.0640. The molecule has 5 rings (SSSR count). The lowest BCUT2D eigenvalue weighted by atomic mass is 9.61. The number of piperidine rings is 1. The van der Waals surface area contributed by atoms with Gasteiger partial charge in [-0.15, -0.1) is 0 Å². The molecule has 7 unspecified atom stereocenters. The predicted molar refractivity (Wildman–Crippen MR) is 144 cm³/mol. The van der Waals surface area contributed by atoms with Crippen LogP contribution in [0.2, 0.25) is 0 Å². The van der Waals surface area contributed by atoms with Gasteiger partial charge in [-0.3, -0.25) is 31.4 Å². The minimum absolute atomic E-state index is 0.0627. The van der Waals surface area contributed by atoms with Crippen LogP contribution in [0.25, 0.3) is 0 Å². The van der Waals surface area contributed by atoms with Crippen LogP contribution in [0.5, 0.6) is 0 Å². The van der Waals surface area contributed by atoms with E-state index in [2.05, 4.69) is 15.6 Å². The Morgan fingerprint density at radius 2 is 1.82 bits per heavy atom. The van der Waals surface area contributed by atoms with Crippen molar-refractivity contribution in [2.75, 3.05) is 13.6 Å². The second kappa shape index (κ2) is 11.3. The van der Waals surface area contributed by atoms with E-state index in [1.54, 1.807) is 7.05 Å². The van der Waals surface area contributed by atoms with Crippen LogP contribution in [0.15, 0.2) is 11.6 Å². The highest BCUT2D eigenvalue weighted by atomic mass is 16.7. The van der Waals surface area contributed by atoms with Crippen LogP contribution in [0.4, 0.5) is 0 Å². The molecule has 2 saturated heterocycles. The van der Waals surface area contributed by atoms with E-state index in [1.807, 2.05) is 13.0 Å². The van der Waals surface area contributed by atoms with E-state index in [4.69, 9.17) is 20.9 Å². The molecule has 10 nitrogen and oxygen atoms in total. The fourth-order valence-electron chi connectivity index (χ4n) is 7.67. The van der Waals surface area contributed by atoms with Gasteiger partial charge in [-0.05, 0) is 45.4 Å². The van der Waals surface area contributed by atoms with Crippen molar-refractivity contribution in [2.45, 2.75) is 113 Å². The number of quaternary nitrogens is 1. The van der Waals surface area contributed by atoms with E-state index in [1.165, 1.54) is 0 Å². The topological polar surface area (TPSA) is 168 Å². The summed E-state index contributed by atoms with van der Waals surface area (Å²) in [6, 6.07) is 0.0644. The van der Waals surface area contributed by atoms with Crippen LogP contribution < -0.4 is 27.1 Å². The second-order valence-corrected chi connectivity index (χ2v) is 12.5. The molecule has 0 aromatic heterocycles. The molecule has 3 saturated carbocycles. The zero-order valence-electron chi connectivity index (χ0n) is 23.5. The van der Waals surface area contributed by atoms with Crippen LogP contribution in [0.1, 0.15) is 84.0 Å². The van der Waals surface area contributed by atoms with Crippen molar-refractivity contribution in [1.29, 1.82) is 0 Å². The number of nitrogens with two attached hydrogens (primary N) is 3. The summed E-state index contributed by atoms with van der Waals surface area (Å²) in [5.41, 5.74) is 10.2. The summed E-state index contributed by atoms with van der Waals surface area (Å²) in [5, 5.41) is 5.58. The molecule has 0 amide bonds. The van der Waals surface area contributed by atoms with Crippen molar-refractivity contribution in [2.24, 2.45) is 29.2 Å². The highest BCUT2D eigenvalue weighted by Gasteiger charge is 2.87. The van der Waals surface area contributed by atoms with E-state index in [0.717, 1.165) is 63.5 Å². The number of Topliss-reactive ketones (excluding diaryl/α,β-unsaturated/α-hetero) is 2. The Morgan fingerprint density at radius 3 is 2.49 bits per heavy atom. The molecule has 2 aliphatic heterocycles. The molecule has 216 valence electrons. The molecule has 0 aromatic rings. The van der Waals surface area contributed by atoms with Crippen molar-refractivity contribution in [3.05, 3.63) is 11.6 Å². The van der Waals surface area contributed by atoms with Crippen molar-refractivity contribution in [1.82, 2.24) is 5.32 Å². The van der Waals surface area contributed by atoms with Crippen LogP contribution in [-0.4, -0.2) is 66.6 Å². The maximum atomic E-state index is 13.9. The second-order valence-electron chi connectivity index (χ2n) is 12.5. The van der Waals surface area contributed by atoms with Crippen molar-refractivity contribution in [3.8, 4) is 0 Å². The van der Waals surface area contributed by atoms with Gasteiger partial charge in [-0.1, -0.05) is 24.5 Å². The number of guanidine groups is 1. The van der Waals surface area contributed by atoms with Crippen LogP contribution >= 0.6 is 0 Å². The number of nitrogens with one attached hydrogen (secondary N) is 2. The van der Waals surface area contributed by atoms with Crippen molar-refractivity contribution in [3.63, 3.8) is 0 Å². The standard InChI is InChI=1S/C29H45N5O5/c1-17(15-22(34-27(31)32-2)18-12-14-33-23(30)16-18)11-13-28-24(35)20-9-5-6-10-21(20)25(36)29(28,39-28)26(37)38-19-7-3-4-8-19/h11,18-23,33H,3-10,12-16,30H2,1-2H3,(H3,31,32,34)/p+2. The van der Waals surface area contributed by atoms with E-state index >= 15 is 0 Å². The zero-order valence-corrected chi connectivity index (χ0v) is 23.5. The lowest BCUT2D eigenvalue weighted by molar-refractivity contribution is -0.699. The Bertz CT molecular complexity index is 1040. The normalized spacial score (nSPS) is 38.1. The molecule has 2 heterocycles. The number of epoxide rings is 1. The number of hydrogen-bond donors (Lipinski definition) is 5. The predicted octanol–water partition coefficient (Wildman–Crippen LogP) is -1.09. The number of ether oxygens (including phenoxy) is 2. The first-order chi connectivity index (χ1) is 18.7. The number of hydrogen-bond acceptors (Lipinski definition) is 6. The van der Waals surface area contributed by atoms with Gasteiger partial charge in [0.1, 0.15) is 12.3 Å². The van der Waals surface area contributed by atoms with E-state index in [9.17, 15) is 14.4 Å².